The molecular formula is C8H15N. The average Bonchev–Trinajstić information content (AvgIpc) is 1.63. The van der Waals surface area contributed by atoms with Crippen LogP contribution in [0.15, 0.2) is 23.8 Å². The van der Waals surface area contributed by atoms with Gasteiger partial charge in [0.25, 0.3) is 0 Å². The zero-order valence-electron chi connectivity index (χ0n) is 6.28. The highest BCUT2D eigenvalue weighted by Crippen LogP contribution is 2.01. The highest BCUT2D eigenvalue weighted by Gasteiger charge is 1.84. The van der Waals surface area contributed by atoms with Crippen molar-refractivity contribution in [3.63, 3.8) is 0 Å². The summed E-state index contributed by atoms with van der Waals surface area (Å²) >= 11 is 0. The fourth-order valence-electron chi connectivity index (χ4n) is 0.720. The van der Waals surface area contributed by atoms with Gasteiger partial charge in [-0.3, -0.25) is 0 Å². The van der Waals surface area contributed by atoms with Crippen LogP contribution in [0, 0.1) is 0 Å². The van der Waals surface area contributed by atoms with Gasteiger partial charge in [-0.15, -0.1) is 0 Å². The summed E-state index contributed by atoms with van der Waals surface area (Å²) in [6.07, 6.45) is 3.04. The molecule has 0 aromatic heterocycles. The van der Waals surface area contributed by atoms with Crippen molar-refractivity contribution in [2.45, 2.75) is 20.3 Å². The summed E-state index contributed by atoms with van der Waals surface area (Å²) in [4.78, 5) is 0. The van der Waals surface area contributed by atoms with Crippen LogP contribution in [0.4, 0.5) is 0 Å². The van der Waals surface area contributed by atoms with Crippen LogP contribution in [-0.4, -0.2) is 6.54 Å². The van der Waals surface area contributed by atoms with Crippen LogP contribution in [0.3, 0.4) is 0 Å². The zero-order chi connectivity index (χ0) is 7.28. The Kier molecular flexibility index (Phi) is 4.06. The third kappa shape index (κ3) is 5.31. The Morgan fingerprint density at radius 2 is 2.11 bits per heavy atom. The van der Waals surface area contributed by atoms with Gasteiger partial charge in [0.05, 0.1) is 0 Å². The van der Waals surface area contributed by atoms with E-state index in [-0.39, 0.29) is 0 Å². The lowest BCUT2D eigenvalue weighted by Crippen LogP contribution is -1.98. The molecule has 0 bridgehead atoms. The molecule has 0 saturated carbocycles. The monoisotopic (exact) mass is 125 g/mol. The van der Waals surface area contributed by atoms with E-state index < -0.39 is 0 Å². The Labute approximate surface area is 57.3 Å². The second-order valence-electron chi connectivity index (χ2n) is 2.38. The smallest absolute Gasteiger partial charge is 0.00399 e. The van der Waals surface area contributed by atoms with E-state index in [4.69, 9.17) is 5.73 Å². The summed E-state index contributed by atoms with van der Waals surface area (Å²) in [5.41, 5.74) is 7.74. The number of allylic oxidation sites excluding steroid dienone is 2. The molecule has 0 spiro atoms. The summed E-state index contributed by atoms with van der Waals surface area (Å²) in [5, 5.41) is 0. The van der Waals surface area contributed by atoms with E-state index in [2.05, 4.69) is 19.6 Å². The van der Waals surface area contributed by atoms with Crippen molar-refractivity contribution in [3.8, 4) is 0 Å². The fraction of sp³-hybridized carbons (Fsp3) is 0.500. The maximum absolute atomic E-state index is 5.33. The first-order chi connectivity index (χ1) is 4.16. The zero-order valence-corrected chi connectivity index (χ0v) is 6.28. The van der Waals surface area contributed by atoms with E-state index in [1.165, 1.54) is 5.57 Å². The third-order valence-corrected chi connectivity index (χ3v) is 1.03. The maximum Gasteiger partial charge on any atom is -0.00399 e. The molecular weight excluding hydrogens is 110 g/mol. The summed E-state index contributed by atoms with van der Waals surface area (Å²) in [7, 11) is 0. The molecule has 1 nitrogen and oxygen atoms in total. The lowest BCUT2D eigenvalue weighted by molar-refractivity contribution is 0.948. The first kappa shape index (κ1) is 8.44. The first-order valence-electron chi connectivity index (χ1n) is 3.19. The van der Waals surface area contributed by atoms with Gasteiger partial charge in [-0.05, 0) is 26.8 Å². The fourth-order valence-corrected chi connectivity index (χ4v) is 0.720. The summed E-state index contributed by atoms with van der Waals surface area (Å²) in [6.45, 7) is 8.55. The first-order valence-corrected chi connectivity index (χ1v) is 3.19. The van der Waals surface area contributed by atoms with Gasteiger partial charge < -0.3 is 5.73 Å². The van der Waals surface area contributed by atoms with Crippen LogP contribution in [0.5, 0.6) is 0 Å². The lowest BCUT2D eigenvalue weighted by Gasteiger charge is -1.95. The molecule has 0 heterocycles. The van der Waals surface area contributed by atoms with E-state index >= 15 is 0 Å². The second kappa shape index (κ2) is 4.33. The van der Waals surface area contributed by atoms with Crippen molar-refractivity contribution >= 4 is 0 Å². The quantitative estimate of drug-likeness (QED) is 0.572. The molecule has 0 aliphatic heterocycles. The third-order valence-electron chi connectivity index (χ3n) is 1.03. The van der Waals surface area contributed by atoms with Crippen molar-refractivity contribution < 1.29 is 0 Å². The van der Waals surface area contributed by atoms with Crippen LogP contribution in [-0.2, 0) is 0 Å². The van der Waals surface area contributed by atoms with Crippen LogP contribution < -0.4 is 5.73 Å². The van der Waals surface area contributed by atoms with Crippen LogP contribution >= 0.6 is 0 Å². The van der Waals surface area contributed by atoms with Crippen LogP contribution in [0.25, 0.3) is 0 Å². The van der Waals surface area contributed by atoms with Crippen molar-refractivity contribution in [1.82, 2.24) is 0 Å². The molecule has 0 atom stereocenters. The minimum absolute atomic E-state index is 0.732. The number of rotatable bonds is 3. The molecule has 0 aliphatic rings. The van der Waals surface area contributed by atoms with Gasteiger partial charge in [-0.1, -0.05) is 23.8 Å². The molecule has 0 saturated heterocycles. The molecule has 0 fully saturated rings. The highest BCUT2D eigenvalue weighted by molar-refractivity contribution is 5.16. The topological polar surface area (TPSA) is 26.0 Å². The van der Waals surface area contributed by atoms with Gasteiger partial charge in [0.1, 0.15) is 0 Å². The average molecular weight is 125 g/mol. The molecule has 52 valence electrons. The van der Waals surface area contributed by atoms with Gasteiger partial charge in [0, 0.05) is 0 Å². The van der Waals surface area contributed by atoms with Crippen LogP contribution in [0.1, 0.15) is 20.3 Å². The van der Waals surface area contributed by atoms with Crippen molar-refractivity contribution in [2.24, 2.45) is 5.73 Å². The van der Waals surface area contributed by atoms with Crippen LogP contribution in [0.2, 0.25) is 0 Å². The molecule has 0 aromatic carbocycles. The molecule has 0 aliphatic carbocycles. The Morgan fingerprint density at radius 1 is 1.56 bits per heavy atom. The Hall–Kier alpha value is -0.560. The van der Waals surface area contributed by atoms with E-state index in [0.29, 0.717) is 0 Å². The summed E-state index contributed by atoms with van der Waals surface area (Å²) in [5.74, 6) is 0. The predicted octanol–water partition coefficient (Wildman–Crippen LogP) is 1.86. The molecule has 0 aromatic rings. The molecule has 0 radical (unpaired) electrons. The summed E-state index contributed by atoms with van der Waals surface area (Å²) in [6, 6.07) is 0. The Bertz CT molecular complexity index is 123. The van der Waals surface area contributed by atoms with E-state index in [0.717, 1.165) is 18.5 Å². The van der Waals surface area contributed by atoms with Gasteiger partial charge in [0.2, 0.25) is 0 Å². The Balaban J connectivity index is 3.69. The Morgan fingerprint density at radius 3 is 2.44 bits per heavy atom. The largest absolute Gasteiger partial charge is 0.330 e. The predicted molar refractivity (Wildman–Crippen MR) is 42.2 cm³/mol. The van der Waals surface area contributed by atoms with Crippen molar-refractivity contribution in [3.05, 3.63) is 23.8 Å². The molecule has 0 amide bonds. The molecule has 0 unspecified atom stereocenters. The highest BCUT2D eigenvalue weighted by atomic mass is 14.5. The molecule has 1 heteroatoms. The molecule has 0 rings (SSSR count). The van der Waals surface area contributed by atoms with E-state index in [1.54, 1.807) is 0 Å². The van der Waals surface area contributed by atoms with Crippen molar-refractivity contribution in [2.75, 3.05) is 6.54 Å². The minimum atomic E-state index is 0.732. The van der Waals surface area contributed by atoms with E-state index in [9.17, 15) is 0 Å². The minimum Gasteiger partial charge on any atom is -0.330 e. The number of hydrogen-bond donors (Lipinski definition) is 1. The van der Waals surface area contributed by atoms with Gasteiger partial charge >= 0.3 is 0 Å². The second-order valence-corrected chi connectivity index (χ2v) is 2.38. The van der Waals surface area contributed by atoms with Gasteiger partial charge in [-0.2, -0.15) is 0 Å². The van der Waals surface area contributed by atoms with Gasteiger partial charge in [-0.25, -0.2) is 0 Å². The summed E-state index contributed by atoms with van der Waals surface area (Å²) < 4.78 is 0. The van der Waals surface area contributed by atoms with Crippen molar-refractivity contribution in [1.29, 1.82) is 0 Å². The standard InChI is InChI=1S/C8H15N/c1-7(2)6-8(3)4-5-9/h6H,1,4-5,9H2,2-3H3/b8-6-. The van der Waals surface area contributed by atoms with Gasteiger partial charge in [0.15, 0.2) is 0 Å². The normalized spacial score (nSPS) is 11.7. The molecule has 2 N–H and O–H groups in total. The SMILES string of the molecule is C=C(C)/C=C(/C)CCN. The lowest BCUT2D eigenvalue weighted by atomic mass is 10.1. The number of nitrogens with two attached hydrogens (primary N) is 1. The maximum atomic E-state index is 5.33. The molecule has 9 heavy (non-hydrogen) atoms. The number of hydrogen-bond acceptors (Lipinski definition) is 1. The van der Waals surface area contributed by atoms with E-state index in [1.807, 2.05) is 6.92 Å².